The summed E-state index contributed by atoms with van der Waals surface area (Å²) in [5.41, 5.74) is 0. The van der Waals surface area contributed by atoms with Crippen molar-refractivity contribution in [3.63, 3.8) is 0 Å². The van der Waals surface area contributed by atoms with E-state index in [1.165, 1.54) is 0 Å². The van der Waals surface area contributed by atoms with E-state index in [2.05, 4.69) is 34.1 Å². The topological polar surface area (TPSA) is 54.6 Å². The highest BCUT2D eigenvalue weighted by Crippen LogP contribution is 2.10. The van der Waals surface area contributed by atoms with Crippen molar-refractivity contribution < 1.29 is 9.15 Å². The molecule has 1 saturated heterocycles. The summed E-state index contributed by atoms with van der Waals surface area (Å²) in [6, 6.07) is 0. The number of ether oxygens (including phenoxy) is 1. The van der Waals surface area contributed by atoms with Crippen LogP contribution in [0.5, 0.6) is 0 Å². The lowest BCUT2D eigenvalue weighted by atomic mass is 10.2. The van der Waals surface area contributed by atoms with Gasteiger partial charge in [-0.1, -0.05) is 6.92 Å². The standard InChI is InChI=1S/C12H22N4O2/c1-4-11-13-14-12(18-11)9-16-5-6-17-10(8-16)7-15(2)3/h10H,4-9H2,1-3H3. The number of hydrogen-bond donors (Lipinski definition) is 0. The Morgan fingerprint density at radius 1 is 1.33 bits per heavy atom. The van der Waals surface area contributed by atoms with E-state index < -0.39 is 0 Å². The highest BCUT2D eigenvalue weighted by molar-refractivity contribution is 4.83. The Morgan fingerprint density at radius 2 is 2.11 bits per heavy atom. The largest absolute Gasteiger partial charge is 0.424 e. The average Bonchev–Trinajstić information content (AvgIpc) is 2.76. The Bertz CT molecular complexity index is 367. The van der Waals surface area contributed by atoms with Crippen molar-refractivity contribution in [1.82, 2.24) is 20.0 Å². The number of hydrogen-bond acceptors (Lipinski definition) is 6. The highest BCUT2D eigenvalue weighted by Gasteiger charge is 2.22. The minimum absolute atomic E-state index is 0.266. The van der Waals surface area contributed by atoms with E-state index in [4.69, 9.17) is 9.15 Å². The second kappa shape index (κ2) is 6.26. The summed E-state index contributed by atoms with van der Waals surface area (Å²) in [5, 5.41) is 8.04. The zero-order valence-electron chi connectivity index (χ0n) is 11.4. The van der Waals surface area contributed by atoms with Crippen LogP contribution in [0.25, 0.3) is 0 Å². The van der Waals surface area contributed by atoms with Gasteiger partial charge in [-0.05, 0) is 14.1 Å². The molecule has 1 aliphatic rings. The molecule has 6 nitrogen and oxygen atoms in total. The molecule has 1 aromatic heterocycles. The van der Waals surface area contributed by atoms with Gasteiger partial charge in [0.15, 0.2) is 0 Å². The molecule has 6 heteroatoms. The molecule has 0 amide bonds. The fourth-order valence-corrected chi connectivity index (χ4v) is 2.13. The van der Waals surface area contributed by atoms with Crippen molar-refractivity contribution in [3.05, 3.63) is 11.8 Å². The van der Waals surface area contributed by atoms with Crippen molar-refractivity contribution in [2.45, 2.75) is 26.0 Å². The summed E-state index contributed by atoms with van der Waals surface area (Å²) in [5.74, 6) is 1.42. The molecule has 102 valence electrons. The molecule has 1 unspecified atom stereocenters. The molecule has 2 heterocycles. The fraction of sp³-hybridized carbons (Fsp3) is 0.833. The van der Waals surface area contributed by atoms with Crippen LogP contribution in [0.3, 0.4) is 0 Å². The van der Waals surface area contributed by atoms with Gasteiger partial charge in [0.1, 0.15) is 0 Å². The summed E-state index contributed by atoms with van der Waals surface area (Å²) in [4.78, 5) is 4.46. The first-order valence-corrected chi connectivity index (χ1v) is 6.47. The van der Waals surface area contributed by atoms with E-state index in [9.17, 15) is 0 Å². The first-order valence-electron chi connectivity index (χ1n) is 6.47. The summed E-state index contributed by atoms with van der Waals surface area (Å²) in [7, 11) is 4.13. The maximum absolute atomic E-state index is 5.73. The Balaban J connectivity index is 1.85. The number of morpholine rings is 1. The molecule has 1 atom stereocenters. The third-order valence-electron chi connectivity index (χ3n) is 2.96. The van der Waals surface area contributed by atoms with Gasteiger partial charge in [-0.3, -0.25) is 4.90 Å². The van der Waals surface area contributed by atoms with Crippen LogP contribution in [0.2, 0.25) is 0 Å². The van der Waals surface area contributed by atoms with E-state index in [1.54, 1.807) is 0 Å². The minimum atomic E-state index is 0.266. The molecule has 0 bridgehead atoms. The van der Waals surface area contributed by atoms with Crippen molar-refractivity contribution in [3.8, 4) is 0 Å². The van der Waals surface area contributed by atoms with E-state index in [1.807, 2.05) is 6.92 Å². The van der Waals surface area contributed by atoms with Crippen molar-refractivity contribution in [2.75, 3.05) is 40.3 Å². The van der Waals surface area contributed by atoms with Crippen LogP contribution in [0.1, 0.15) is 18.7 Å². The van der Waals surface area contributed by atoms with Gasteiger partial charge >= 0.3 is 0 Å². The van der Waals surface area contributed by atoms with Gasteiger partial charge in [0.2, 0.25) is 11.8 Å². The van der Waals surface area contributed by atoms with Gasteiger partial charge < -0.3 is 14.1 Å². The molecular formula is C12H22N4O2. The van der Waals surface area contributed by atoms with Crippen LogP contribution in [0.4, 0.5) is 0 Å². The van der Waals surface area contributed by atoms with Crippen molar-refractivity contribution >= 4 is 0 Å². The zero-order valence-corrected chi connectivity index (χ0v) is 11.4. The van der Waals surface area contributed by atoms with Crippen LogP contribution < -0.4 is 0 Å². The van der Waals surface area contributed by atoms with Crippen LogP contribution >= 0.6 is 0 Å². The van der Waals surface area contributed by atoms with Gasteiger partial charge in [-0.15, -0.1) is 10.2 Å². The van der Waals surface area contributed by atoms with E-state index in [0.717, 1.165) is 39.2 Å². The van der Waals surface area contributed by atoms with E-state index in [-0.39, 0.29) is 6.10 Å². The van der Waals surface area contributed by atoms with Gasteiger partial charge in [0.05, 0.1) is 19.3 Å². The normalized spacial score (nSPS) is 21.7. The van der Waals surface area contributed by atoms with Gasteiger partial charge in [-0.2, -0.15) is 0 Å². The molecule has 18 heavy (non-hydrogen) atoms. The smallest absolute Gasteiger partial charge is 0.230 e. The first-order chi connectivity index (χ1) is 8.67. The third-order valence-corrected chi connectivity index (χ3v) is 2.96. The van der Waals surface area contributed by atoms with Gasteiger partial charge in [0.25, 0.3) is 0 Å². The lowest BCUT2D eigenvalue weighted by molar-refractivity contribution is -0.0427. The van der Waals surface area contributed by atoms with Gasteiger partial charge in [-0.25, -0.2) is 0 Å². The van der Waals surface area contributed by atoms with Crippen LogP contribution in [0, 0.1) is 0 Å². The average molecular weight is 254 g/mol. The number of rotatable bonds is 5. The Labute approximate surface area is 108 Å². The quantitative estimate of drug-likeness (QED) is 0.758. The molecule has 0 spiro atoms. The SMILES string of the molecule is CCc1nnc(CN2CCOC(CN(C)C)C2)o1. The van der Waals surface area contributed by atoms with Gasteiger partial charge in [0, 0.05) is 26.1 Å². The fourth-order valence-electron chi connectivity index (χ4n) is 2.13. The van der Waals surface area contributed by atoms with E-state index >= 15 is 0 Å². The predicted molar refractivity (Wildman–Crippen MR) is 67.2 cm³/mol. The Morgan fingerprint density at radius 3 is 2.78 bits per heavy atom. The van der Waals surface area contributed by atoms with Crippen LogP contribution in [-0.2, 0) is 17.7 Å². The van der Waals surface area contributed by atoms with E-state index in [0.29, 0.717) is 11.8 Å². The maximum Gasteiger partial charge on any atom is 0.230 e. The molecule has 0 aromatic carbocycles. The molecule has 0 N–H and O–H groups in total. The Kier molecular flexibility index (Phi) is 4.68. The number of aromatic nitrogens is 2. The third kappa shape index (κ3) is 3.76. The summed E-state index contributed by atoms with van der Waals surface area (Å²) < 4.78 is 11.3. The Hall–Kier alpha value is -0.980. The highest BCUT2D eigenvalue weighted by atomic mass is 16.5. The molecule has 2 rings (SSSR count). The summed E-state index contributed by atoms with van der Waals surface area (Å²) in [6.45, 7) is 6.29. The first kappa shape index (κ1) is 13.5. The van der Waals surface area contributed by atoms with Crippen molar-refractivity contribution in [2.24, 2.45) is 0 Å². The molecule has 0 saturated carbocycles. The lowest BCUT2D eigenvalue weighted by Crippen LogP contribution is -2.46. The molecule has 0 aliphatic carbocycles. The molecular weight excluding hydrogens is 232 g/mol. The predicted octanol–water partition coefficient (Wildman–Crippen LogP) is 0.394. The number of aryl methyl sites for hydroxylation is 1. The number of nitrogens with zero attached hydrogens (tertiary/aromatic N) is 4. The molecule has 1 aromatic rings. The molecule has 1 fully saturated rings. The second-order valence-electron chi connectivity index (χ2n) is 4.93. The van der Waals surface area contributed by atoms with Crippen molar-refractivity contribution in [1.29, 1.82) is 0 Å². The maximum atomic E-state index is 5.73. The number of likely N-dealkylation sites (N-methyl/N-ethyl adjacent to an activating group) is 1. The van der Waals surface area contributed by atoms with Crippen LogP contribution in [0.15, 0.2) is 4.42 Å². The molecule has 1 aliphatic heterocycles. The molecule has 0 radical (unpaired) electrons. The summed E-state index contributed by atoms with van der Waals surface area (Å²) >= 11 is 0. The lowest BCUT2D eigenvalue weighted by Gasteiger charge is -2.33. The van der Waals surface area contributed by atoms with Crippen LogP contribution in [-0.4, -0.2) is 66.4 Å². The zero-order chi connectivity index (χ0) is 13.0. The monoisotopic (exact) mass is 254 g/mol. The minimum Gasteiger partial charge on any atom is -0.424 e. The summed E-state index contributed by atoms with van der Waals surface area (Å²) in [6.07, 6.45) is 1.06. The second-order valence-corrected chi connectivity index (χ2v) is 4.93.